The van der Waals surface area contributed by atoms with Gasteiger partial charge in [0.1, 0.15) is 5.82 Å². The van der Waals surface area contributed by atoms with E-state index < -0.39 is 0 Å². The lowest BCUT2D eigenvalue weighted by Crippen LogP contribution is -2.11. The molecular formula is C13H18N6O. The van der Waals surface area contributed by atoms with Gasteiger partial charge >= 0.3 is 6.01 Å². The van der Waals surface area contributed by atoms with Crippen molar-refractivity contribution >= 4 is 6.01 Å². The van der Waals surface area contributed by atoms with Crippen LogP contribution >= 0.6 is 0 Å². The number of hydrogen-bond donors (Lipinski definition) is 1. The van der Waals surface area contributed by atoms with Crippen LogP contribution in [0.2, 0.25) is 0 Å². The minimum atomic E-state index is 0.481. The van der Waals surface area contributed by atoms with E-state index in [1.165, 1.54) is 32.1 Å². The van der Waals surface area contributed by atoms with Crippen molar-refractivity contribution in [1.29, 1.82) is 0 Å². The first-order chi connectivity index (χ1) is 9.81. The fourth-order valence-corrected chi connectivity index (χ4v) is 2.64. The third-order valence-electron chi connectivity index (χ3n) is 4.16. The van der Waals surface area contributed by atoms with E-state index in [0.717, 1.165) is 17.5 Å². The quantitative estimate of drug-likeness (QED) is 0.900. The Balaban J connectivity index is 1.43. The van der Waals surface area contributed by atoms with Gasteiger partial charge in [-0.25, -0.2) is 0 Å². The second-order valence-electron chi connectivity index (χ2n) is 5.70. The molecule has 0 saturated heterocycles. The molecule has 0 unspecified atom stereocenters. The number of nitrogens with one attached hydrogen (secondary N) is 1. The number of nitrogens with zero attached hydrogens (tertiary/aromatic N) is 5. The zero-order valence-electron chi connectivity index (χ0n) is 11.5. The van der Waals surface area contributed by atoms with Crippen molar-refractivity contribution in [3.8, 4) is 0 Å². The van der Waals surface area contributed by atoms with E-state index in [-0.39, 0.29) is 0 Å². The summed E-state index contributed by atoms with van der Waals surface area (Å²) in [5.41, 5.74) is 0. The highest BCUT2D eigenvalue weighted by atomic mass is 16.5. The summed E-state index contributed by atoms with van der Waals surface area (Å²) in [7, 11) is 0. The van der Waals surface area contributed by atoms with Gasteiger partial charge in [-0.3, -0.25) is 0 Å². The van der Waals surface area contributed by atoms with Crippen molar-refractivity contribution in [3.05, 3.63) is 17.5 Å². The zero-order valence-corrected chi connectivity index (χ0v) is 11.5. The number of anilines is 1. The fourth-order valence-electron chi connectivity index (χ4n) is 2.64. The Morgan fingerprint density at radius 3 is 2.80 bits per heavy atom. The topological polar surface area (TPSA) is 81.7 Å². The van der Waals surface area contributed by atoms with Crippen LogP contribution in [-0.4, -0.2) is 24.9 Å². The highest BCUT2D eigenvalue weighted by Crippen LogP contribution is 2.37. The van der Waals surface area contributed by atoms with Gasteiger partial charge in [-0.05, 0) is 32.6 Å². The maximum atomic E-state index is 5.24. The van der Waals surface area contributed by atoms with E-state index in [9.17, 15) is 0 Å². The van der Waals surface area contributed by atoms with Crippen LogP contribution in [0.4, 0.5) is 6.01 Å². The van der Waals surface area contributed by atoms with Crippen molar-refractivity contribution in [2.45, 2.75) is 57.5 Å². The molecule has 2 aromatic heterocycles. The molecule has 0 bridgehead atoms. The minimum Gasteiger partial charge on any atom is -0.330 e. The van der Waals surface area contributed by atoms with Gasteiger partial charge < -0.3 is 14.4 Å². The molecule has 20 heavy (non-hydrogen) atoms. The summed E-state index contributed by atoms with van der Waals surface area (Å²) in [6.45, 7) is 2.57. The Morgan fingerprint density at radius 2 is 2.10 bits per heavy atom. The van der Waals surface area contributed by atoms with Gasteiger partial charge in [0.2, 0.25) is 0 Å². The maximum Gasteiger partial charge on any atom is 0.321 e. The molecule has 0 spiro atoms. The molecule has 106 valence electrons. The molecule has 0 atom stereocenters. The fraction of sp³-hybridized carbons (Fsp3) is 0.692. The van der Waals surface area contributed by atoms with Crippen LogP contribution in [0.25, 0.3) is 0 Å². The second-order valence-corrected chi connectivity index (χ2v) is 5.70. The van der Waals surface area contributed by atoms with Crippen LogP contribution < -0.4 is 5.32 Å². The van der Waals surface area contributed by atoms with Crippen LogP contribution in [0.3, 0.4) is 0 Å². The first kappa shape index (κ1) is 11.9. The average molecular weight is 274 g/mol. The van der Waals surface area contributed by atoms with Crippen molar-refractivity contribution in [3.63, 3.8) is 0 Å². The Hall–Kier alpha value is -1.92. The summed E-state index contributed by atoms with van der Waals surface area (Å²) in [6, 6.07) is 1.06. The Labute approximate surface area is 116 Å². The SMILES string of the molecule is Cc1nnc(CNc2nc(C3CCC3)no2)n1C1CC1. The van der Waals surface area contributed by atoms with E-state index in [4.69, 9.17) is 4.52 Å². The van der Waals surface area contributed by atoms with Crippen molar-refractivity contribution in [2.24, 2.45) is 0 Å². The third kappa shape index (κ3) is 2.07. The van der Waals surface area contributed by atoms with Gasteiger partial charge in [-0.15, -0.1) is 10.2 Å². The summed E-state index contributed by atoms with van der Waals surface area (Å²) in [4.78, 5) is 4.40. The molecule has 2 heterocycles. The predicted molar refractivity (Wildman–Crippen MR) is 71.2 cm³/mol. The molecule has 2 fully saturated rings. The van der Waals surface area contributed by atoms with Crippen LogP contribution in [0, 0.1) is 6.92 Å². The molecule has 7 nitrogen and oxygen atoms in total. The molecule has 1 N–H and O–H groups in total. The number of rotatable bonds is 5. The van der Waals surface area contributed by atoms with Gasteiger partial charge in [0.05, 0.1) is 6.54 Å². The number of aromatic nitrogens is 5. The van der Waals surface area contributed by atoms with Gasteiger partial charge in [-0.2, -0.15) is 4.98 Å². The van der Waals surface area contributed by atoms with Crippen molar-refractivity contribution in [1.82, 2.24) is 24.9 Å². The van der Waals surface area contributed by atoms with Crippen molar-refractivity contribution in [2.75, 3.05) is 5.32 Å². The average Bonchev–Trinajstić information content (AvgIpc) is 2.99. The molecule has 0 amide bonds. The van der Waals surface area contributed by atoms with Gasteiger partial charge in [-0.1, -0.05) is 11.6 Å². The normalized spacial score (nSPS) is 19.1. The highest BCUT2D eigenvalue weighted by molar-refractivity contribution is 5.21. The van der Waals surface area contributed by atoms with Crippen molar-refractivity contribution < 1.29 is 4.52 Å². The van der Waals surface area contributed by atoms with E-state index in [1.54, 1.807) is 0 Å². The van der Waals surface area contributed by atoms with Gasteiger partial charge in [0.15, 0.2) is 11.6 Å². The molecule has 2 aliphatic rings. The maximum absolute atomic E-state index is 5.24. The molecule has 2 aliphatic carbocycles. The lowest BCUT2D eigenvalue weighted by Gasteiger charge is -2.20. The van der Waals surface area contributed by atoms with E-state index in [0.29, 0.717) is 24.5 Å². The summed E-state index contributed by atoms with van der Waals surface area (Å²) >= 11 is 0. The summed E-state index contributed by atoms with van der Waals surface area (Å²) in [6.07, 6.45) is 6.06. The minimum absolute atomic E-state index is 0.481. The molecule has 0 radical (unpaired) electrons. The van der Waals surface area contributed by atoms with Crippen LogP contribution in [0.1, 0.15) is 61.5 Å². The van der Waals surface area contributed by atoms with Crippen LogP contribution in [-0.2, 0) is 6.54 Å². The molecule has 4 rings (SSSR count). The monoisotopic (exact) mass is 274 g/mol. The largest absolute Gasteiger partial charge is 0.330 e. The Morgan fingerprint density at radius 1 is 1.25 bits per heavy atom. The molecular weight excluding hydrogens is 256 g/mol. The molecule has 2 aromatic rings. The Kier molecular flexibility index (Phi) is 2.71. The first-order valence-corrected chi connectivity index (χ1v) is 7.29. The number of aryl methyl sites for hydroxylation is 1. The predicted octanol–water partition coefficient (Wildman–Crippen LogP) is 2.18. The molecule has 7 heteroatoms. The van der Waals surface area contributed by atoms with E-state index in [2.05, 4.69) is 30.2 Å². The van der Waals surface area contributed by atoms with E-state index >= 15 is 0 Å². The zero-order chi connectivity index (χ0) is 13.5. The molecule has 2 saturated carbocycles. The lowest BCUT2D eigenvalue weighted by atomic mass is 9.85. The highest BCUT2D eigenvalue weighted by Gasteiger charge is 2.28. The number of hydrogen-bond acceptors (Lipinski definition) is 6. The smallest absolute Gasteiger partial charge is 0.321 e. The van der Waals surface area contributed by atoms with E-state index in [1.807, 2.05) is 6.92 Å². The first-order valence-electron chi connectivity index (χ1n) is 7.29. The summed E-state index contributed by atoms with van der Waals surface area (Å²) in [5.74, 6) is 3.24. The summed E-state index contributed by atoms with van der Waals surface area (Å²) < 4.78 is 7.44. The Bertz CT molecular complexity index is 610. The van der Waals surface area contributed by atoms with Gasteiger partial charge in [0.25, 0.3) is 0 Å². The second kappa shape index (κ2) is 4.57. The lowest BCUT2D eigenvalue weighted by molar-refractivity contribution is 0.366. The van der Waals surface area contributed by atoms with Gasteiger partial charge in [0, 0.05) is 12.0 Å². The molecule has 0 aliphatic heterocycles. The third-order valence-corrected chi connectivity index (χ3v) is 4.16. The van der Waals surface area contributed by atoms with Crippen LogP contribution in [0.5, 0.6) is 0 Å². The molecule has 0 aromatic carbocycles. The van der Waals surface area contributed by atoms with Crippen LogP contribution in [0.15, 0.2) is 4.52 Å². The summed E-state index contributed by atoms with van der Waals surface area (Å²) in [5, 5.41) is 15.6. The standard InChI is InChI=1S/C13H18N6O/c1-8-16-17-11(19(8)10-5-6-10)7-14-13-15-12(18-20-13)9-3-2-4-9/h9-10H,2-7H2,1H3,(H,14,15,18).